The quantitative estimate of drug-likeness (QED) is 0.290. The molecular formula is C26H22N8OS. The molecule has 3 N–H and O–H groups in total. The van der Waals surface area contributed by atoms with Crippen molar-refractivity contribution in [2.75, 3.05) is 5.32 Å². The first-order valence-corrected chi connectivity index (χ1v) is 12.2. The SMILES string of the molecule is CC(C)(C)C(=O)Nc1cncc(-c2cc3c(-c4nc5c(-c6cccs6)cncc5[nH]4)n[nH]c3cn2)c1. The Labute approximate surface area is 210 Å². The molecule has 0 aliphatic carbocycles. The van der Waals surface area contributed by atoms with Crippen LogP contribution in [0.15, 0.2) is 60.6 Å². The minimum Gasteiger partial charge on any atom is -0.335 e. The summed E-state index contributed by atoms with van der Waals surface area (Å²) in [6.45, 7) is 5.60. The molecule has 0 unspecified atom stereocenters. The lowest BCUT2D eigenvalue weighted by molar-refractivity contribution is -0.123. The normalized spacial score (nSPS) is 11.9. The zero-order valence-corrected chi connectivity index (χ0v) is 20.6. The van der Waals surface area contributed by atoms with Crippen molar-refractivity contribution in [1.82, 2.24) is 35.1 Å². The number of hydrogen-bond acceptors (Lipinski definition) is 7. The van der Waals surface area contributed by atoms with Crippen molar-refractivity contribution in [2.45, 2.75) is 20.8 Å². The lowest BCUT2D eigenvalue weighted by atomic mass is 9.95. The summed E-state index contributed by atoms with van der Waals surface area (Å²) in [5, 5.41) is 13.4. The van der Waals surface area contributed by atoms with Crippen LogP contribution in [0, 0.1) is 5.41 Å². The van der Waals surface area contributed by atoms with Crippen LogP contribution in [0.25, 0.3) is 55.2 Å². The topological polar surface area (TPSA) is 125 Å². The molecular weight excluding hydrogens is 472 g/mol. The molecule has 36 heavy (non-hydrogen) atoms. The van der Waals surface area contributed by atoms with E-state index in [4.69, 9.17) is 4.98 Å². The number of anilines is 1. The minimum atomic E-state index is -0.510. The first-order chi connectivity index (χ1) is 17.4. The predicted octanol–water partition coefficient (Wildman–Crippen LogP) is 5.67. The third-order valence-corrected chi connectivity index (χ3v) is 6.73. The Balaban J connectivity index is 1.40. The summed E-state index contributed by atoms with van der Waals surface area (Å²) in [7, 11) is 0. The number of fused-ring (bicyclic) bond motifs is 2. The number of aromatic nitrogens is 7. The Bertz CT molecular complexity index is 1730. The average Bonchev–Trinajstić information content (AvgIpc) is 3.62. The molecule has 9 nitrogen and oxygen atoms in total. The highest BCUT2D eigenvalue weighted by Crippen LogP contribution is 2.33. The number of amides is 1. The standard InChI is InChI=1S/C26H22N8OS/c1-26(2,3)25(35)30-15-7-14(9-27-10-15)18-8-16-19(13-29-18)33-34-23(16)24-31-20-12-28-11-17(22(20)32-24)21-5-4-6-36-21/h4-13H,1-3H3,(H,30,35)(H,31,32)(H,33,34). The lowest BCUT2D eigenvalue weighted by Crippen LogP contribution is -2.27. The van der Waals surface area contributed by atoms with Crippen LogP contribution < -0.4 is 5.32 Å². The summed E-state index contributed by atoms with van der Waals surface area (Å²) in [6, 6.07) is 7.89. The van der Waals surface area contributed by atoms with Crippen LogP contribution in [0.5, 0.6) is 0 Å². The van der Waals surface area contributed by atoms with E-state index in [1.165, 1.54) is 0 Å². The van der Waals surface area contributed by atoms with Gasteiger partial charge in [0.1, 0.15) is 11.2 Å². The molecule has 0 radical (unpaired) electrons. The maximum atomic E-state index is 12.4. The highest BCUT2D eigenvalue weighted by atomic mass is 32.1. The monoisotopic (exact) mass is 494 g/mol. The third kappa shape index (κ3) is 3.91. The molecule has 6 aromatic heterocycles. The molecule has 0 atom stereocenters. The number of pyridine rings is 3. The fraction of sp³-hybridized carbons (Fsp3) is 0.154. The number of aromatic amines is 2. The van der Waals surface area contributed by atoms with Crippen LogP contribution in [-0.2, 0) is 4.79 Å². The van der Waals surface area contributed by atoms with Gasteiger partial charge in [-0.2, -0.15) is 5.10 Å². The maximum Gasteiger partial charge on any atom is 0.229 e. The van der Waals surface area contributed by atoms with E-state index in [0.717, 1.165) is 37.9 Å². The number of thiophene rings is 1. The lowest BCUT2D eigenvalue weighted by Gasteiger charge is -2.17. The van der Waals surface area contributed by atoms with E-state index >= 15 is 0 Å². The van der Waals surface area contributed by atoms with Gasteiger partial charge in [-0.05, 0) is 23.6 Å². The molecule has 178 valence electrons. The van der Waals surface area contributed by atoms with E-state index < -0.39 is 5.41 Å². The zero-order valence-electron chi connectivity index (χ0n) is 19.8. The van der Waals surface area contributed by atoms with Gasteiger partial charge >= 0.3 is 0 Å². The predicted molar refractivity (Wildman–Crippen MR) is 141 cm³/mol. The van der Waals surface area contributed by atoms with Gasteiger partial charge < -0.3 is 10.3 Å². The Morgan fingerprint density at radius 3 is 2.69 bits per heavy atom. The van der Waals surface area contributed by atoms with Gasteiger partial charge in [0.2, 0.25) is 5.91 Å². The Hall–Kier alpha value is -4.44. The molecule has 0 saturated heterocycles. The van der Waals surface area contributed by atoms with Crippen molar-refractivity contribution in [3.05, 3.63) is 60.6 Å². The van der Waals surface area contributed by atoms with Crippen LogP contribution in [-0.4, -0.2) is 41.0 Å². The molecule has 0 spiro atoms. The molecule has 0 aliphatic heterocycles. The molecule has 10 heteroatoms. The minimum absolute atomic E-state index is 0.0803. The molecule has 1 amide bonds. The van der Waals surface area contributed by atoms with Gasteiger partial charge in [-0.3, -0.25) is 24.8 Å². The summed E-state index contributed by atoms with van der Waals surface area (Å²) in [5.41, 5.74) is 5.74. The number of H-pyrrole nitrogens is 2. The smallest absolute Gasteiger partial charge is 0.229 e. The average molecular weight is 495 g/mol. The first-order valence-electron chi connectivity index (χ1n) is 11.4. The number of imidazole rings is 1. The van der Waals surface area contributed by atoms with Crippen molar-refractivity contribution in [1.29, 1.82) is 0 Å². The van der Waals surface area contributed by atoms with Crippen LogP contribution in [0.3, 0.4) is 0 Å². The van der Waals surface area contributed by atoms with E-state index in [1.807, 2.05) is 50.5 Å². The zero-order chi connectivity index (χ0) is 24.9. The van der Waals surface area contributed by atoms with Gasteiger partial charge in [-0.1, -0.05) is 26.8 Å². The number of carbonyl (C=O) groups is 1. The number of rotatable bonds is 4. The molecule has 6 rings (SSSR count). The number of hydrogen-bond donors (Lipinski definition) is 3. The van der Waals surface area contributed by atoms with Crippen molar-refractivity contribution >= 4 is 44.9 Å². The van der Waals surface area contributed by atoms with E-state index in [1.54, 1.807) is 36.1 Å². The largest absolute Gasteiger partial charge is 0.335 e. The maximum absolute atomic E-state index is 12.4. The van der Waals surface area contributed by atoms with Crippen LogP contribution in [0.1, 0.15) is 20.8 Å². The van der Waals surface area contributed by atoms with Gasteiger partial charge in [-0.15, -0.1) is 11.3 Å². The van der Waals surface area contributed by atoms with Gasteiger partial charge in [-0.25, -0.2) is 4.98 Å². The number of carbonyl (C=O) groups excluding carboxylic acids is 1. The highest BCUT2D eigenvalue weighted by Gasteiger charge is 2.22. The third-order valence-electron chi connectivity index (χ3n) is 5.83. The summed E-state index contributed by atoms with van der Waals surface area (Å²) < 4.78 is 0. The van der Waals surface area contributed by atoms with E-state index in [0.29, 0.717) is 22.9 Å². The Morgan fingerprint density at radius 2 is 1.89 bits per heavy atom. The second-order valence-corrected chi connectivity index (χ2v) is 10.4. The second kappa shape index (κ2) is 8.35. The number of nitrogens with zero attached hydrogens (tertiary/aromatic N) is 5. The summed E-state index contributed by atoms with van der Waals surface area (Å²) in [4.78, 5) is 35.0. The fourth-order valence-corrected chi connectivity index (χ4v) is 4.62. The van der Waals surface area contributed by atoms with Crippen molar-refractivity contribution in [3.8, 4) is 33.2 Å². The van der Waals surface area contributed by atoms with Gasteiger partial charge in [0.25, 0.3) is 0 Å². The van der Waals surface area contributed by atoms with E-state index in [-0.39, 0.29) is 5.91 Å². The Kier molecular flexibility index (Phi) is 5.11. The van der Waals surface area contributed by atoms with E-state index in [2.05, 4.69) is 41.5 Å². The van der Waals surface area contributed by atoms with Gasteiger partial charge in [0.15, 0.2) is 5.82 Å². The number of nitrogens with one attached hydrogen (secondary N) is 3. The van der Waals surface area contributed by atoms with Crippen molar-refractivity contribution < 1.29 is 4.79 Å². The van der Waals surface area contributed by atoms with E-state index in [9.17, 15) is 4.79 Å². The summed E-state index contributed by atoms with van der Waals surface area (Å²) in [6.07, 6.45) is 8.70. The van der Waals surface area contributed by atoms with Crippen LogP contribution in [0.2, 0.25) is 0 Å². The Morgan fingerprint density at radius 1 is 1.03 bits per heavy atom. The fourth-order valence-electron chi connectivity index (χ4n) is 3.88. The van der Waals surface area contributed by atoms with Crippen molar-refractivity contribution in [3.63, 3.8) is 0 Å². The van der Waals surface area contributed by atoms with Gasteiger partial charge in [0, 0.05) is 39.2 Å². The second-order valence-electron chi connectivity index (χ2n) is 9.50. The molecule has 0 bridgehead atoms. The van der Waals surface area contributed by atoms with Crippen LogP contribution >= 0.6 is 11.3 Å². The summed E-state index contributed by atoms with van der Waals surface area (Å²) >= 11 is 1.65. The summed E-state index contributed by atoms with van der Waals surface area (Å²) in [5.74, 6) is 0.562. The molecule has 0 saturated carbocycles. The highest BCUT2D eigenvalue weighted by molar-refractivity contribution is 7.13. The van der Waals surface area contributed by atoms with Crippen molar-refractivity contribution in [2.24, 2.45) is 5.41 Å². The van der Waals surface area contributed by atoms with Gasteiger partial charge in [0.05, 0.1) is 41.0 Å². The molecule has 6 heterocycles. The van der Waals surface area contributed by atoms with Crippen LogP contribution in [0.4, 0.5) is 5.69 Å². The molecule has 6 aromatic rings. The molecule has 0 aromatic carbocycles. The molecule has 0 fully saturated rings. The molecule has 0 aliphatic rings. The first kappa shape index (κ1) is 22.1.